The minimum absolute atomic E-state index is 0.162. The number of hydrogen-bond donors (Lipinski definition) is 3. The van der Waals surface area contributed by atoms with Crippen LogP contribution in [-0.2, 0) is 4.79 Å². The summed E-state index contributed by atoms with van der Waals surface area (Å²) in [5.41, 5.74) is 0.503. The number of aliphatic hydroxyl groups excluding tert-OH is 1. The average molecular weight is 266 g/mol. The van der Waals surface area contributed by atoms with E-state index in [1.54, 1.807) is 37.3 Å². The van der Waals surface area contributed by atoms with Gasteiger partial charge in [0.05, 0.1) is 6.61 Å². The highest BCUT2D eigenvalue weighted by molar-refractivity contribution is 5.83. The molecular weight excluding hydrogens is 248 g/mol. The maximum absolute atomic E-state index is 11.9. The zero-order valence-corrected chi connectivity index (χ0v) is 10.7. The topological polar surface area (TPSA) is 89.9 Å². The lowest BCUT2D eigenvalue weighted by atomic mass is 10.1. The number of urea groups is 1. The van der Waals surface area contributed by atoms with Crippen molar-refractivity contribution in [2.45, 2.75) is 13.0 Å². The van der Waals surface area contributed by atoms with Crippen LogP contribution >= 0.6 is 0 Å². The number of hydrogen-bond acceptors (Lipinski definition) is 3. The number of aliphatic hydroxyl groups is 1. The Morgan fingerprint density at radius 2 is 1.95 bits per heavy atom. The number of aliphatic carboxylic acids is 1. The van der Waals surface area contributed by atoms with Crippen molar-refractivity contribution in [2.75, 3.05) is 19.7 Å². The Morgan fingerprint density at radius 3 is 2.42 bits per heavy atom. The molecule has 0 radical (unpaired) electrons. The quantitative estimate of drug-likeness (QED) is 0.711. The zero-order valence-electron chi connectivity index (χ0n) is 10.7. The first-order valence-corrected chi connectivity index (χ1v) is 6.04. The number of amides is 2. The molecule has 0 unspecified atom stereocenters. The minimum Gasteiger partial charge on any atom is -0.479 e. The molecule has 19 heavy (non-hydrogen) atoms. The summed E-state index contributed by atoms with van der Waals surface area (Å²) in [6.07, 6.45) is 0. The van der Waals surface area contributed by atoms with Gasteiger partial charge in [-0.1, -0.05) is 30.3 Å². The molecule has 6 heteroatoms. The lowest BCUT2D eigenvalue weighted by Crippen LogP contribution is -2.44. The second kappa shape index (κ2) is 7.38. The van der Waals surface area contributed by atoms with Gasteiger partial charge in [-0.25, -0.2) is 9.59 Å². The summed E-state index contributed by atoms with van der Waals surface area (Å²) in [6.45, 7) is 2.16. The third kappa shape index (κ3) is 4.26. The number of nitrogens with one attached hydrogen (secondary N) is 1. The maximum atomic E-state index is 11.9. The second-order valence-corrected chi connectivity index (χ2v) is 3.93. The largest absolute Gasteiger partial charge is 0.479 e. The summed E-state index contributed by atoms with van der Waals surface area (Å²) in [6, 6.07) is 6.87. The van der Waals surface area contributed by atoms with Crippen LogP contribution in [0.4, 0.5) is 4.79 Å². The van der Waals surface area contributed by atoms with Crippen LogP contribution < -0.4 is 5.32 Å². The molecule has 2 amide bonds. The van der Waals surface area contributed by atoms with Crippen molar-refractivity contribution in [2.24, 2.45) is 0 Å². The smallest absolute Gasteiger partial charge is 0.330 e. The lowest BCUT2D eigenvalue weighted by Gasteiger charge is -2.23. The molecule has 0 saturated carbocycles. The van der Waals surface area contributed by atoms with Crippen molar-refractivity contribution in [3.63, 3.8) is 0 Å². The molecule has 1 aromatic rings. The fourth-order valence-corrected chi connectivity index (χ4v) is 1.67. The number of likely N-dealkylation sites (N-methyl/N-ethyl adjacent to an activating group) is 1. The normalized spacial score (nSPS) is 11.7. The molecule has 0 saturated heterocycles. The average Bonchev–Trinajstić information content (AvgIpc) is 2.42. The lowest BCUT2D eigenvalue weighted by molar-refractivity contribution is -0.139. The molecule has 0 fully saturated rings. The summed E-state index contributed by atoms with van der Waals surface area (Å²) in [5, 5.41) is 20.5. The van der Waals surface area contributed by atoms with Gasteiger partial charge in [0.2, 0.25) is 0 Å². The highest BCUT2D eigenvalue weighted by Gasteiger charge is 2.23. The summed E-state index contributed by atoms with van der Waals surface area (Å²) in [5.74, 6) is -1.13. The van der Waals surface area contributed by atoms with Gasteiger partial charge in [0.15, 0.2) is 6.04 Å². The van der Waals surface area contributed by atoms with Gasteiger partial charge in [0, 0.05) is 13.1 Å². The molecular formula is C13H18N2O4. The fourth-order valence-electron chi connectivity index (χ4n) is 1.67. The van der Waals surface area contributed by atoms with E-state index in [0.29, 0.717) is 12.1 Å². The van der Waals surface area contributed by atoms with Crippen LogP contribution in [0.15, 0.2) is 30.3 Å². The molecule has 6 nitrogen and oxygen atoms in total. The van der Waals surface area contributed by atoms with E-state index in [9.17, 15) is 14.7 Å². The van der Waals surface area contributed by atoms with Crippen molar-refractivity contribution < 1.29 is 19.8 Å². The number of nitrogens with zero attached hydrogens (tertiary/aromatic N) is 1. The maximum Gasteiger partial charge on any atom is 0.330 e. The van der Waals surface area contributed by atoms with E-state index >= 15 is 0 Å². The van der Waals surface area contributed by atoms with E-state index < -0.39 is 18.0 Å². The standard InChI is InChI=1S/C13H18N2O4/c1-2-15(8-9-16)13(19)14-11(12(17)18)10-6-4-3-5-7-10/h3-7,11,16H,2,8-9H2,1H3,(H,14,19)(H,17,18)/t11-/m1/s1. The Balaban J connectivity index is 2.80. The highest BCUT2D eigenvalue weighted by atomic mass is 16.4. The summed E-state index contributed by atoms with van der Waals surface area (Å²) < 4.78 is 0. The molecule has 0 spiro atoms. The molecule has 3 N–H and O–H groups in total. The van der Waals surface area contributed by atoms with Crippen molar-refractivity contribution in [3.05, 3.63) is 35.9 Å². The van der Waals surface area contributed by atoms with Gasteiger partial charge < -0.3 is 20.4 Å². The van der Waals surface area contributed by atoms with Gasteiger partial charge in [-0.3, -0.25) is 0 Å². The van der Waals surface area contributed by atoms with E-state index in [-0.39, 0.29) is 13.2 Å². The van der Waals surface area contributed by atoms with Gasteiger partial charge >= 0.3 is 12.0 Å². The Morgan fingerprint density at radius 1 is 1.32 bits per heavy atom. The third-order valence-electron chi connectivity index (χ3n) is 2.69. The molecule has 0 aliphatic rings. The van der Waals surface area contributed by atoms with E-state index in [0.717, 1.165) is 0 Å². The van der Waals surface area contributed by atoms with Crippen LogP contribution in [0.2, 0.25) is 0 Å². The first-order valence-electron chi connectivity index (χ1n) is 6.04. The monoisotopic (exact) mass is 266 g/mol. The number of rotatable bonds is 6. The molecule has 1 atom stereocenters. The molecule has 1 aromatic carbocycles. The SMILES string of the molecule is CCN(CCO)C(=O)N[C@@H](C(=O)O)c1ccccc1. The van der Waals surface area contributed by atoms with Crippen LogP contribution in [0.5, 0.6) is 0 Å². The predicted molar refractivity (Wildman–Crippen MR) is 69.7 cm³/mol. The van der Waals surface area contributed by atoms with Crippen molar-refractivity contribution in [3.8, 4) is 0 Å². The van der Waals surface area contributed by atoms with Gasteiger partial charge in [-0.05, 0) is 12.5 Å². The Hall–Kier alpha value is -2.08. The van der Waals surface area contributed by atoms with Crippen LogP contribution in [0.1, 0.15) is 18.5 Å². The predicted octanol–water partition coefficient (Wildman–Crippen LogP) is 0.836. The molecule has 0 aliphatic carbocycles. The van der Waals surface area contributed by atoms with Gasteiger partial charge in [0.1, 0.15) is 0 Å². The zero-order chi connectivity index (χ0) is 14.3. The van der Waals surface area contributed by atoms with E-state index in [1.165, 1.54) is 4.90 Å². The van der Waals surface area contributed by atoms with Crippen LogP contribution in [-0.4, -0.2) is 46.8 Å². The minimum atomic E-state index is -1.13. The highest BCUT2D eigenvalue weighted by Crippen LogP contribution is 2.13. The molecule has 0 aliphatic heterocycles. The Labute approximate surface area is 111 Å². The molecule has 104 valence electrons. The first-order chi connectivity index (χ1) is 9.10. The first kappa shape index (κ1) is 15.0. The summed E-state index contributed by atoms with van der Waals surface area (Å²) in [7, 11) is 0. The number of carbonyl (C=O) groups is 2. The van der Waals surface area contributed by atoms with Crippen molar-refractivity contribution in [1.29, 1.82) is 0 Å². The number of carboxylic acid groups (broad SMARTS) is 1. The number of benzene rings is 1. The molecule has 0 bridgehead atoms. The van der Waals surface area contributed by atoms with Crippen molar-refractivity contribution >= 4 is 12.0 Å². The van der Waals surface area contributed by atoms with Gasteiger partial charge in [-0.2, -0.15) is 0 Å². The van der Waals surface area contributed by atoms with Gasteiger partial charge in [-0.15, -0.1) is 0 Å². The van der Waals surface area contributed by atoms with E-state index in [4.69, 9.17) is 5.11 Å². The third-order valence-corrected chi connectivity index (χ3v) is 2.69. The molecule has 0 aromatic heterocycles. The number of carbonyl (C=O) groups excluding carboxylic acids is 1. The van der Waals surface area contributed by atoms with E-state index in [2.05, 4.69) is 5.32 Å². The summed E-state index contributed by atoms with van der Waals surface area (Å²) >= 11 is 0. The van der Waals surface area contributed by atoms with Crippen molar-refractivity contribution in [1.82, 2.24) is 10.2 Å². The second-order valence-electron chi connectivity index (χ2n) is 3.93. The number of carboxylic acids is 1. The van der Waals surface area contributed by atoms with Crippen LogP contribution in [0, 0.1) is 0 Å². The molecule has 1 rings (SSSR count). The van der Waals surface area contributed by atoms with Crippen LogP contribution in [0.3, 0.4) is 0 Å². The summed E-state index contributed by atoms with van der Waals surface area (Å²) in [4.78, 5) is 24.5. The van der Waals surface area contributed by atoms with Crippen LogP contribution in [0.25, 0.3) is 0 Å². The fraction of sp³-hybridized carbons (Fsp3) is 0.385. The Kier molecular flexibility index (Phi) is 5.81. The molecule has 0 heterocycles. The van der Waals surface area contributed by atoms with E-state index in [1.807, 2.05) is 0 Å². The van der Waals surface area contributed by atoms with Gasteiger partial charge in [0.25, 0.3) is 0 Å². The Bertz CT molecular complexity index is 422.